The molecule has 6 heteroatoms. The first-order valence-electron chi connectivity index (χ1n) is 6.01. The highest BCUT2D eigenvalue weighted by atomic mass is 19.1. The normalized spacial score (nSPS) is 18.0. The number of hydrogen-bond donors (Lipinski definition) is 1. The molecule has 1 atom stereocenters. The molecule has 0 aromatic heterocycles. The minimum atomic E-state index is -0.762. The summed E-state index contributed by atoms with van der Waals surface area (Å²) in [4.78, 5) is 23.6. The van der Waals surface area contributed by atoms with E-state index >= 15 is 0 Å². The number of ketones is 1. The zero-order chi connectivity index (χ0) is 13.8. The topological polar surface area (TPSA) is 64.6 Å². The Kier molecular flexibility index (Phi) is 3.99. The molecular formula is C13H14FNO4. The summed E-state index contributed by atoms with van der Waals surface area (Å²) in [5.41, 5.74) is 0.138. The first kappa shape index (κ1) is 13.3. The lowest BCUT2D eigenvalue weighted by Gasteiger charge is -2.14. The minimum absolute atomic E-state index is 0.138. The van der Waals surface area contributed by atoms with E-state index in [2.05, 4.69) is 5.32 Å². The van der Waals surface area contributed by atoms with Crippen molar-refractivity contribution in [2.45, 2.75) is 19.4 Å². The molecule has 1 aromatic carbocycles. The summed E-state index contributed by atoms with van der Waals surface area (Å²) < 4.78 is 23.3. The van der Waals surface area contributed by atoms with Gasteiger partial charge in [0, 0.05) is 6.42 Å². The zero-order valence-electron chi connectivity index (χ0n) is 10.4. The number of benzene rings is 1. The van der Waals surface area contributed by atoms with Crippen LogP contribution in [0.2, 0.25) is 0 Å². The van der Waals surface area contributed by atoms with Crippen molar-refractivity contribution in [1.29, 1.82) is 0 Å². The Bertz CT molecular complexity index is 503. The molecular weight excluding hydrogens is 253 g/mol. The van der Waals surface area contributed by atoms with E-state index in [1.165, 1.54) is 12.1 Å². The summed E-state index contributed by atoms with van der Waals surface area (Å²) in [6.07, 6.45) is -0.353. The number of amides is 1. The van der Waals surface area contributed by atoms with Gasteiger partial charge in [-0.2, -0.15) is 0 Å². The van der Waals surface area contributed by atoms with E-state index in [-0.39, 0.29) is 24.6 Å². The van der Waals surface area contributed by atoms with Gasteiger partial charge in [0.25, 0.3) is 0 Å². The Morgan fingerprint density at radius 1 is 1.58 bits per heavy atom. The number of halogens is 1. The second kappa shape index (κ2) is 5.69. The molecule has 0 fully saturated rings. The Hall–Kier alpha value is -2.11. The van der Waals surface area contributed by atoms with Crippen molar-refractivity contribution in [2.24, 2.45) is 0 Å². The number of nitrogens with one attached hydrogen (secondary N) is 1. The van der Waals surface area contributed by atoms with Crippen molar-refractivity contribution < 1.29 is 23.5 Å². The van der Waals surface area contributed by atoms with Crippen LogP contribution in [-0.4, -0.2) is 31.1 Å². The molecule has 1 amide bonds. The molecule has 1 N–H and O–H groups in total. The van der Waals surface area contributed by atoms with Crippen LogP contribution < -0.4 is 10.1 Å². The first-order valence-corrected chi connectivity index (χ1v) is 6.01. The molecule has 1 aromatic rings. The third-order valence-electron chi connectivity index (χ3n) is 2.76. The molecule has 102 valence electrons. The van der Waals surface area contributed by atoms with Gasteiger partial charge in [0.1, 0.15) is 11.6 Å². The van der Waals surface area contributed by atoms with E-state index in [4.69, 9.17) is 9.47 Å². The molecule has 0 radical (unpaired) electrons. The predicted octanol–water partition coefficient (Wildman–Crippen LogP) is 1.91. The third kappa shape index (κ3) is 3.01. The Labute approximate surface area is 109 Å². The standard InChI is InChI=1S/C13H14FNO4/c1-2-18-13(17)15-10-5-6-19-11-4-3-8(14)7-9(11)12(10)16/h3-4,7,10H,2,5-6H2,1H3,(H,15,17). The van der Waals surface area contributed by atoms with Crippen molar-refractivity contribution in [1.82, 2.24) is 5.32 Å². The number of hydrogen-bond acceptors (Lipinski definition) is 4. The molecule has 0 spiro atoms. The van der Waals surface area contributed by atoms with Gasteiger partial charge >= 0.3 is 6.09 Å². The average molecular weight is 267 g/mol. The van der Waals surface area contributed by atoms with Crippen molar-refractivity contribution in [3.05, 3.63) is 29.6 Å². The van der Waals surface area contributed by atoms with Crippen LogP contribution in [0.4, 0.5) is 9.18 Å². The molecule has 1 aliphatic heterocycles. The van der Waals surface area contributed by atoms with E-state index in [1.54, 1.807) is 6.92 Å². The maximum Gasteiger partial charge on any atom is 0.407 e. The lowest BCUT2D eigenvalue weighted by molar-refractivity contribution is 0.0920. The molecule has 0 saturated carbocycles. The van der Waals surface area contributed by atoms with Crippen LogP contribution in [0.25, 0.3) is 0 Å². The number of Topliss-reactive ketones (excluding diaryl/α,β-unsaturated/α-hetero) is 1. The monoisotopic (exact) mass is 267 g/mol. The van der Waals surface area contributed by atoms with Crippen LogP contribution in [-0.2, 0) is 4.74 Å². The Morgan fingerprint density at radius 2 is 2.37 bits per heavy atom. The molecule has 5 nitrogen and oxygen atoms in total. The van der Waals surface area contributed by atoms with Gasteiger partial charge in [0.05, 0.1) is 24.8 Å². The van der Waals surface area contributed by atoms with Crippen LogP contribution in [0.5, 0.6) is 5.75 Å². The minimum Gasteiger partial charge on any atom is -0.493 e. The molecule has 1 heterocycles. The van der Waals surface area contributed by atoms with Gasteiger partial charge in [0.2, 0.25) is 0 Å². The number of fused-ring (bicyclic) bond motifs is 1. The smallest absolute Gasteiger partial charge is 0.407 e. The zero-order valence-corrected chi connectivity index (χ0v) is 10.4. The molecule has 0 saturated heterocycles. The van der Waals surface area contributed by atoms with Gasteiger partial charge < -0.3 is 14.8 Å². The number of ether oxygens (including phenoxy) is 2. The van der Waals surface area contributed by atoms with Gasteiger partial charge in [0.15, 0.2) is 5.78 Å². The summed E-state index contributed by atoms with van der Waals surface area (Å²) in [5, 5.41) is 2.46. The lowest BCUT2D eigenvalue weighted by atomic mass is 10.0. The summed E-state index contributed by atoms with van der Waals surface area (Å²) in [7, 11) is 0. The first-order chi connectivity index (χ1) is 9.11. The maximum atomic E-state index is 13.2. The van der Waals surface area contributed by atoms with Gasteiger partial charge in [-0.3, -0.25) is 4.79 Å². The molecule has 0 bridgehead atoms. The number of carbonyl (C=O) groups is 2. The van der Waals surface area contributed by atoms with Gasteiger partial charge in [-0.15, -0.1) is 0 Å². The third-order valence-corrected chi connectivity index (χ3v) is 2.76. The molecule has 19 heavy (non-hydrogen) atoms. The van der Waals surface area contributed by atoms with Gasteiger partial charge in [-0.05, 0) is 25.1 Å². The van der Waals surface area contributed by atoms with E-state index in [9.17, 15) is 14.0 Å². The SMILES string of the molecule is CCOC(=O)NC1CCOc2ccc(F)cc2C1=O. The number of rotatable bonds is 2. The maximum absolute atomic E-state index is 13.2. The fourth-order valence-electron chi connectivity index (χ4n) is 1.88. The van der Waals surface area contributed by atoms with Crippen LogP contribution in [0.1, 0.15) is 23.7 Å². The van der Waals surface area contributed by atoms with Gasteiger partial charge in [-0.1, -0.05) is 0 Å². The molecule has 2 rings (SSSR count). The second-order valence-corrected chi connectivity index (χ2v) is 4.06. The highest BCUT2D eigenvalue weighted by Crippen LogP contribution is 2.25. The molecule has 0 aliphatic carbocycles. The largest absolute Gasteiger partial charge is 0.493 e. The Balaban J connectivity index is 2.20. The van der Waals surface area contributed by atoms with Crippen molar-refractivity contribution in [3.63, 3.8) is 0 Å². The average Bonchev–Trinajstić information content (AvgIpc) is 2.51. The van der Waals surface area contributed by atoms with E-state index in [0.29, 0.717) is 12.2 Å². The fourth-order valence-corrected chi connectivity index (χ4v) is 1.88. The summed E-state index contributed by atoms with van der Waals surface area (Å²) in [5.74, 6) is -0.563. The summed E-state index contributed by atoms with van der Waals surface area (Å²) in [6, 6.07) is 2.99. The Morgan fingerprint density at radius 3 is 3.11 bits per heavy atom. The quantitative estimate of drug-likeness (QED) is 0.889. The van der Waals surface area contributed by atoms with Crippen molar-refractivity contribution in [2.75, 3.05) is 13.2 Å². The van der Waals surface area contributed by atoms with Crippen LogP contribution in [0, 0.1) is 5.82 Å². The highest BCUT2D eigenvalue weighted by molar-refractivity contribution is 6.03. The van der Waals surface area contributed by atoms with E-state index < -0.39 is 18.0 Å². The summed E-state index contributed by atoms with van der Waals surface area (Å²) >= 11 is 0. The molecule has 1 unspecified atom stereocenters. The summed E-state index contributed by atoms with van der Waals surface area (Å²) in [6.45, 7) is 2.15. The lowest BCUT2D eigenvalue weighted by Crippen LogP contribution is -2.41. The fraction of sp³-hybridized carbons (Fsp3) is 0.385. The van der Waals surface area contributed by atoms with Crippen LogP contribution in [0.15, 0.2) is 18.2 Å². The van der Waals surface area contributed by atoms with Crippen LogP contribution in [0.3, 0.4) is 0 Å². The van der Waals surface area contributed by atoms with Crippen LogP contribution >= 0.6 is 0 Å². The second-order valence-electron chi connectivity index (χ2n) is 4.06. The van der Waals surface area contributed by atoms with E-state index in [1.807, 2.05) is 0 Å². The van der Waals surface area contributed by atoms with Crippen molar-refractivity contribution >= 4 is 11.9 Å². The number of alkyl carbamates (subject to hydrolysis) is 1. The predicted molar refractivity (Wildman–Crippen MR) is 64.8 cm³/mol. The highest BCUT2D eigenvalue weighted by Gasteiger charge is 2.28. The van der Waals surface area contributed by atoms with E-state index in [0.717, 1.165) is 6.07 Å². The van der Waals surface area contributed by atoms with Gasteiger partial charge in [-0.25, -0.2) is 9.18 Å². The number of carbonyl (C=O) groups excluding carboxylic acids is 2. The van der Waals surface area contributed by atoms with Crippen molar-refractivity contribution in [3.8, 4) is 5.75 Å². The molecule has 1 aliphatic rings.